The molecule has 2 unspecified atom stereocenters. The fourth-order valence-corrected chi connectivity index (χ4v) is 4.75. The maximum atomic E-state index is 14.3. The summed E-state index contributed by atoms with van der Waals surface area (Å²) in [6.45, 7) is 18.6. The highest BCUT2D eigenvalue weighted by Crippen LogP contribution is 2.35. The van der Waals surface area contributed by atoms with Crippen molar-refractivity contribution in [2.24, 2.45) is 5.10 Å². The van der Waals surface area contributed by atoms with Gasteiger partial charge in [-0.3, -0.25) is 19.5 Å². The number of hydrogen-bond acceptors (Lipinski definition) is 4. The van der Waals surface area contributed by atoms with Crippen LogP contribution < -0.4 is 5.32 Å². The van der Waals surface area contributed by atoms with Crippen LogP contribution in [0, 0.1) is 0 Å². The van der Waals surface area contributed by atoms with E-state index in [1.807, 2.05) is 45.9 Å². The lowest BCUT2D eigenvalue weighted by atomic mass is 9.91. The van der Waals surface area contributed by atoms with Gasteiger partial charge in [-0.25, -0.2) is 0 Å². The van der Waals surface area contributed by atoms with Crippen molar-refractivity contribution in [3.05, 3.63) is 70.1 Å². The molecule has 0 bridgehead atoms. The van der Waals surface area contributed by atoms with Crippen molar-refractivity contribution < 1.29 is 9.59 Å². The minimum atomic E-state index is -1.16. The Morgan fingerprint density at radius 2 is 1.77 bits per heavy atom. The number of piperazine rings is 1. The molecule has 6 heteroatoms. The highest BCUT2D eigenvalue weighted by molar-refractivity contribution is 6.02. The molecule has 2 rings (SSSR count). The van der Waals surface area contributed by atoms with E-state index >= 15 is 0 Å². The number of nitrogens with zero attached hydrogens (tertiary/aromatic N) is 3. The molecule has 1 aliphatic heterocycles. The summed E-state index contributed by atoms with van der Waals surface area (Å²) in [5, 5.41) is 9.76. The van der Waals surface area contributed by atoms with Gasteiger partial charge in [0, 0.05) is 11.7 Å². The van der Waals surface area contributed by atoms with Crippen molar-refractivity contribution >= 4 is 18.0 Å². The Morgan fingerprint density at radius 1 is 1.10 bits per heavy atom. The van der Waals surface area contributed by atoms with E-state index in [1.54, 1.807) is 16.1 Å². The second-order valence-electron chi connectivity index (χ2n) is 10.9. The van der Waals surface area contributed by atoms with Gasteiger partial charge in [0.1, 0.15) is 11.2 Å². The van der Waals surface area contributed by atoms with Gasteiger partial charge in [-0.05, 0) is 77.0 Å². The average Bonchev–Trinajstić information content (AvgIpc) is 2.92. The van der Waals surface area contributed by atoms with Gasteiger partial charge >= 0.3 is 0 Å². The molecule has 1 fully saturated rings. The molecule has 1 N–H and O–H groups in total. The van der Waals surface area contributed by atoms with Crippen molar-refractivity contribution in [3.8, 4) is 0 Å². The standard InChI is InChI=1S/C33H50N4O2/c1-10-15-28(14-5)35-32(39)33(9)23-36(34-22-27-19-17-26(13-4)18-20-27)29(16-11-2)31(38)37(33)30(24(6)7)21-25(8)12-3/h16-22,28H,10-15,23H2,1-9H3,(H,35,39)/b25-21-,29-16-,34-22+. The monoisotopic (exact) mass is 534 g/mol. The molecule has 1 aliphatic rings. The van der Waals surface area contributed by atoms with E-state index in [4.69, 9.17) is 5.10 Å². The maximum absolute atomic E-state index is 14.3. The van der Waals surface area contributed by atoms with Crippen molar-refractivity contribution in [1.29, 1.82) is 0 Å². The third kappa shape index (κ3) is 7.93. The molecule has 0 aromatic heterocycles. The number of rotatable bonds is 12. The van der Waals surface area contributed by atoms with Crippen LogP contribution in [0.25, 0.3) is 0 Å². The number of carbonyl (C=O) groups is 2. The van der Waals surface area contributed by atoms with Crippen LogP contribution in [0.3, 0.4) is 0 Å². The summed E-state index contributed by atoms with van der Waals surface area (Å²) in [6, 6.07) is 8.30. The molecular weight excluding hydrogens is 484 g/mol. The van der Waals surface area contributed by atoms with Crippen LogP contribution in [0.2, 0.25) is 0 Å². The van der Waals surface area contributed by atoms with Crippen LogP contribution in [0.4, 0.5) is 0 Å². The Morgan fingerprint density at radius 3 is 2.28 bits per heavy atom. The van der Waals surface area contributed by atoms with E-state index in [0.717, 1.165) is 54.5 Å². The van der Waals surface area contributed by atoms with Crippen LogP contribution in [-0.2, 0) is 16.0 Å². The van der Waals surface area contributed by atoms with Crippen LogP contribution in [0.1, 0.15) is 106 Å². The van der Waals surface area contributed by atoms with E-state index in [9.17, 15) is 9.59 Å². The fourth-order valence-electron chi connectivity index (χ4n) is 4.75. The summed E-state index contributed by atoms with van der Waals surface area (Å²) >= 11 is 0. The normalized spacial score (nSPS) is 20.1. The number of hydrazone groups is 1. The van der Waals surface area contributed by atoms with Crippen LogP contribution >= 0.6 is 0 Å². The zero-order chi connectivity index (χ0) is 29.2. The van der Waals surface area contributed by atoms with E-state index in [1.165, 1.54) is 5.56 Å². The molecule has 6 nitrogen and oxygen atoms in total. The first-order valence-electron chi connectivity index (χ1n) is 14.7. The molecule has 1 saturated heterocycles. The van der Waals surface area contributed by atoms with Crippen molar-refractivity contribution in [2.75, 3.05) is 6.54 Å². The molecular formula is C33H50N4O2. The number of amides is 2. The molecule has 1 aromatic carbocycles. The van der Waals surface area contributed by atoms with Gasteiger partial charge in [0.05, 0.1) is 12.8 Å². The predicted octanol–water partition coefficient (Wildman–Crippen LogP) is 7.12. The summed E-state index contributed by atoms with van der Waals surface area (Å²) in [7, 11) is 0. The van der Waals surface area contributed by atoms with Crippen molar-refractivity contribution in [1.82, 2.24) is 15.2 Å². The third-order valence-corrected chi connectivity index (χ3v) is 7.43. The highest BCUT2D eigenvalue weighted by atomic mass is 16.2. The Kier molecular flexibility index (Phi) is 12.2. The highest BCUT2D eigenvalue weighted by Gasteiger charge is 2.51. The Balaban J connectivity index is 2.66. The summed E-state index contributed by atoms with van der Waals surface area (Å²) < 4.78 is 0. The van der Waals surface area contributed by atoms with E-state index in [-0.39, 0.29) is 24.4 Å². The molecule has 0 radical (unpaired) electrons. The lowest BCUT2D eigenvalue weighted by Crippen LogP contribution is -2.67. The first-order chi connectivity index (χ1) is 18.6. The largest absolute Gasteiger partial charge is 0.351 e. The third-order valence-electron chi connectivity index (χ3n) is 7.43. The minimum absolute atomic E-state index is 0.0564. The Bertz CT molecular complexity index is 1110. The van der Waals surface area contributed by atoms with Crippen molar-refractivity contribution in [2.45, 2.75) is 112 Å². The maximum Gasteiger partial charge on any atom is 0.277 e. The van der Waals surface area contributed by atoms with Gasteiger partial charge < -0.3 is 5.32 Å². The molecule has 1 aromatic rings. The molecule has 2 amide bonds. The van der Waals surface area contributed by atoms with Gasteiger partial charge in [-0.2, -0.15) is 5.10 Å². The zero-order valence-electron chi connectivity index (χ0n) is 25.7. The first-order valence-corrected chi connectivity index (χ1v) is 14.7. The number of hydrogen-bond donors (Lipinski definition) is 1. The molecule has 2 atom stereocenters. The summed E-state index contributed by atoms with van der Waals surface area (Å²) in [5.41, 5.74) is 4.45. The Hall–Kier alpha value is -3.15. The van der Waals surface area contributed by atoms with Gasteiger partial charge in [-0.1, -0.05) is 82.5 Å². The molecule has 0 aliphatic carbocycles. The molecule has 0 spiro atoms. The second kappa shape index (κ2) is 14.9. The number of carbonyl (C=O) groups excluding carboxylic acids is 2. The number of allylic oxidation sites excluding steroid dienone is 4. The van der Waals surface area contributed by atoms with Crippen LogP contribution in [-0.4, -0.2) is 46.1 Å². The minimum Gasteiger partial charge on any atom is -0.351 e. The van der Waals surface area contributed by atoms with Crippen LogP contribution in [0.15, 0.2) is 64.1 Å². The lowest BCUT2D eigenvalue weighted by Gasteiger charge is -2.48. The smallest absolute Gasteiger partial charge is 0.277 e. The average molecular weight is 535 g/mol. The SMILES string of the molecule is CC/C=C1/C(=O)N(C(/C=C(/C)CC)=C(C)C)C(C)(C(=O)NC(CC)CCC)CN1/N=C/c1ccc(CC)cc1. The number of nitrogens with one attached hydrogen (secondary N) is 1. The molecule has 1 heterocycles. The first kappa shape index (κ1) is 32.1. The number of benzene rings is 1. The van der Waals surface area contributed by atoms with E-state index in [0.29, 0.717) is 12.1 Å². The van der Waals surface area contributed by atoms with Gasteiger partial charge in [0.2, 0.25) is 5.91 Å². The van der Waals surface area contributed by atoms with E-state index in [2.05, 4.69) is 58.1 Å². The zero-order valence-corrected chi connectivity index (χ0v) is 25.7. The van der Waals surface area contributed by atoms with Crippen molar-refractivity contribution in [3.63, 3.8) is 0 Å². The predicted molar refractivity (Wildman–Crippen MR) is 163 cm³/mol. The van der Waals surface area contributed by atoms with Gasteiger partial charge in [-0.15, -0.1) is 0 Å². The summed E-state index contributed by atoms with van der Waals surface area (Å²) in [4.78, 5) is 30.2. The van der Waals surface area contributed by atoms with Gasteiger partial charge in [0.15, 0.2) is 0 Å². The van der Waals surface area contributed by atoms with E-state index < -0.39 is 5.54 Å². The quantitative estimate of drug-likeness (QED) is 0.176. The lowest BCUT2D eigenvalue weighted by molar-refractivity contribution is -0.148. The summed E-state index contributed by atoms with van der Waals surface area (Å²) in [5.74, 6) is -0.361. The summed E-state index contributed by atoms with van der Waals surface area (Å²) in [6.07, 6.45) is 11.0. The van der Waals surface area contributed by atoms with Crippen LogP contribution in [0.5, 0.6) is 0 Å². The fraction of sp³-hybridized carbons (Fsp3) is 0.545. The Labute approximate surface area is 236 Å². The van der Waals surface area contributed by atoms with Gasteiger partial charge in [0.25, 0.3) is 5.91 Å². The molecule has 0 saturated carbocycles. The second-order valence-corrected chi connectivity index (χ2v) is 10.9. The topological polar surface area (TPSA) is 65.0 Å². The molecule has 214 valence electrons. The number of aryl methyl sites for hydroxylation is 1. The molecule has 39 heavy (non-hydrogen) atoms.